The van der Waals surface area contributed by atoms with Gasteiger partial charge < -0.3 is 4.98 Å². The molecule has 0 radical (unpaired) electrons. The maximum absolute atomic E-state index is 12.8. The van der Waals surface area contributed by atoms with Crippen LogP contribution in [0.15, 0.2) is 23.0 Å². The fraction of sp³-hybridized carbons (Fsp3) is 0.471. The van der Waals surface area contributed by atoms with E-state index in [2.05, 4.69) is 16.8 Å². The van der Waals surface area contributed by atoms with E-state index in [0.717, 1.165) is 36.4 Å². The minimum absolute atomic E-state index is 0.113. The number of hydrogen-bond donors (Lipinski definition) is 1. The highest BCUT2D eigenvalue weighted by Crippen LogP contribution is 2.22. The second-order valence-electron chi connectivity index (χ2n) is 6.20. The minimum Gasteiger partial charge on any atom is -0.357 e. The highest BCUT2D eigenvalue weighted by atomic mass is 35.5. The monoisotopic (exact) mass is 304 g/mol. The van der Waals surface area contributed by atoms with Crippen LogP contribution in [0.2, 0.25) is 5.02 Å². The van der Waals surface area contributed by atoms with Crippen molar-refractivity contribution in [3.05, 3.63) is 44.7 Å². The Labute approximate surface area is 129 Å². The number of nitrogens with zero attached hydrogens (tertiary/aromatic N) is 1. The van der Waals surface area contributed by atoms with Crippen LogP contribution in [0.5, 0.6) is 0 Å². The molecular weight excluding hydrogens is 284 g/mol. The number of aryl methyl sites for hydroxylation is 1. The van der Waals surface area contributed by atoms with Gasteiger partial charge in [-0.15, -0.1) is 0 Å². The summed E-state index contributed by atoms with van der Waals surface area (Å²) < 4.78 is 0. The van der Waals surface area contributed by atoms with Crippen molar-refractivity contribution in [3.63, 3.8) is 0 Å². The van der Waals surface area contributed by atoms with Crippen molar-refractivity contribution < 1.29 is 0 Å². The number of likely N-dealkylation sites (tertiary alicyclic amines) is 1. The van der Waals surface area contributed by atoms with Gasteiger partial charge in [0.1, 0.15) is 0 Å². The summed E-state index contributed by atoms with van der Waals surface area (Å²) in [6.45, 7) is 7.13. The molecule has 1 aromatic carbocycles. The number of para-hydroxylation sites is 1. The summed E-state index contributed by atoms with van der Waals surface area (Å²) in [5.74, 6) is 0.716. The standard InChI is InChI=1S/C17H21ClN2O/c1-11-5-4-8-20(9-11)10-14-12(2)19-16-13(17(14)21)6-3-7-15(16)18/h3,6-7,11H,4-5,8-10H2,1-2H3,(H,19,21)/t11-/m1/s1. The quantitative estimate of drug-likeness (QED) is 0.918. The van der Waals surface area contributed by atoms with Crippen LogP contribution in [-0.2, 0) is 6.54 Å². The lowest BCUT2D eigenvalue weighted by atomic mass is 9.99. The molecule has 0 unspecified atom stereocenters. The Morgan fingerprint density at radius 1 is 1.43 bits per heavy atom. The molecule has 1 atom stereocenters. The highest BCUT2D eigenvalue weighted by molar-refractivity contribution is 6.35. The zero-order chi connectivity index (χ0) is 15.0. The first kappa shape index (κ1) is 14.6. The van der Waals surface area contributed by atoms with Gasteiger partial charge in [-0.2, -0.15) is 0 Å². The van der Waals surface area contributed by atoms with Crippen LogP contribution < -0.4 is 5.43 Å². The van der Waals surface area contributed by atoms with Gasteiger partial charge in [-0.25, -0.2) is 0 Å². The third-order valence-corrected chi connectivity index (χ3v) is 4.74. The Hall–Kier alpha value is -1.32. The first-order valence-electron chi connectivity index (χ1n) is 7.58. The van der Waals surface area contributed by atoms with Crippen LogP contribution in [-0.4, -0.2) is 23.0 Å². The van der Waals surface area contributed by atoms with Gasteiger partial charge in [0.25, 0.3) is 0 Å². The van der Waals surface area contributed by atoms with Crippen molar-refractivity contribution in [1.82, 2.24) is 9.88 Å². The lowest BCUT2D eigenvalue weighted by molar-refractivity contribution is 0.176. The summed E-state index contributed by atoms with van der Waals surface area (Å²) in [6.07, 6.45) is 2.51. The van der Waals surface area contributed by atoms with E-state index in [1.54, 1.807) is 0 Å². The number of benzene rings is 1. The zero-order valence-electron chi connectivity index (χ0n) is 12.6. The van der Waals surface area contributed by atoms with Crippen molar-refractivity contribution in [3.8, 4) is 0 Å². The SMILES string of the molecule is Cc1[nH]c2c(Cl)cccc2c(=O)c1CN1CCC[C@@H](C)C1. The fourth-order valence-corrected chi connectivity index (χ4v) is 3.50. The summed E-state index contributed by atoms with van der Waals surface area (Å²) in [6, 6.07) is 5.50. The molecule has 0 saturated carbocycles. The topological polar surface area (TPSA) is 36.1 Å². The maximum atomic E-state index is 12.8. The molecular formula is C17H21ClN2O. The normalized spacial score (nSPS) is 20.0. The smallest absolute Gasteiger partial charge is 0.194 e. The molecule has 0 amide bonds. The molecule has 2 aromatic rings. The number of aromatic amines is 1. The lowest BCUT2D eigenvalue weighted by Crippen LogP contribution is -2.35. The van der Waals surface area contributed by atoms with Gasteiger partial charge in [-0.05, 0) is 44.4 Å². The van der Waals surface area contributed by atoms with E-state index in [-0.39, 0.29) is 5.43 Å². The molecule has 1 aliphatic rings. The van der Waals surface area contributed by atoms with E-state index in [4.69, 9.17) is 11.6 Å². The molecule has 0 aliphatic carbocycles. The van der Waals surface area contributed by atoms with Crippen LogP contribution in [0.1, 0.15) is 31.0 Å². The van der Waals surface area contributed by atoms with Crippen LogP contribution in [0.3, 0.4) is 0 Å². The Kier molecular flexibility index (Phi) is 4.05. The first-order chi connectivity index (χ1) is 10.1. The molecule has 4 heteroatoms. The molecule has 1 saturated heterocycles. The number of piperidine rings is 1. The van der Waals surface area contributed by atoms with Crippen LogP contribution in [0, 0.1) is 12.8 Å². The molecule has 0 bridgehead atoms. The largest absolute Gasteiger partial charge is 0.357 e. The van der Waals surface area contributed by atoms with Gasteiger partial charge in [0.05, 0.1) is 10.5 Å². The van der Waals surface area contributed by atoms with Crippen LogP contribution in [0.25, 0.3) is 10.9 Å². The lowest BCUT2D eigenvalue weighted by Gasteiger charge is -2.31. The number of nitrogens with one attached hydrogen (secondary N) is 1. The van der Waals surface area contributed by atoms with E-state index >= 15 is 0 Å². The van der Waals surface area contributed by atoms with Crippen LogP contribution in [0.4, 0.5) is 0 Å². The van der Waals surface area contributed by atoms with Gasteiger partial charge in [0, 0.05) is 29.7 Å². The summed E-state index contributed by atoms with van der Waals surface area (Å²) in [5, 5.41) is 1.29. The molecule has 1 fully saturated rings. The molecule has 1 aromatic heterocycles. The van der Waals surface area contributed by atoms with Gasteiger partial charge in [-0.1, -0.05) is 24.6 Å². The van der Waals surface area contributed by atoms with Crippen molar-refractivity contribution in [2.24, 2.45) is 5.92 Å². The second kappa shape index (κ2) is 5.82. The minimum atomic E-state index is 0.113. The molecule has 1 N–H and O–H groups in total. The average molecular weight is 305 g/mol. The van der Waals surface area contributed by atoms with E-state index in [1.165, 1.54) is 12.8 Å². The van der Waals surface area contributed by atoms with E-state index in [0.29, 0.717) is 16.3 Å². The molecule has 3 rings (SSSR count). The Bertz CT molecular complexity index is 723. The predicted octanol–water partition coefficient (Wildman–Crippen LogP) is 3.72. The number of hydrogen-bond acceptors (Lipinski definition) is 2. The first-order valence-corrected chi connectivity index (χ1v) is 7.96. The fourth-order valence-electron chi connectivity index (χ4n) is 3.28. The third kappa shape index (κ3) is 2.85. The van der Waals surface area contributed by atoms with E-state index in [9.17, 15) is 4.79 Å². The van der Waals surface area contributed by atoms with Crippen molar-refractivity contribution >= 4 is 22.5 Å². The summed E-state index contributed by atoms with van der Waals surface area (Å²) in [4.78, 5) is 18.5. The molecule has 2 heterocycles. The highest BCUT2D eigenvalue weighted by Gasteiger charge is 2.19. The van der Waals surface area contributed by atoms with Gasteiger partial charge in [0.2, 0.25) is 0 Å². The van der Waals surface area contributed by atoms with Gasteiger partial charge in [0.15, 0.2) is 5.43 Å². The van der Waals surface area contributed by atoms with Gasteiger partial charge >= 0.3 is 0 Å². The number of rotatable bonds is 2. The summed E-state index contributed by atoms with van der Waals surface area (Å²) in [5.41, 5.74) is 2.66. The van der Waals surface area contributed by atoms with Crippen molar-refractivity contribution in [2.75, 3.05) is 13.1 Å². The number of fused-ring (bicyclic) bond motifs is 1. The maximum Gasteiger partial charge on any atom is 0.194 e. The Morgan fingerprint density at radius 3 is 3.00 bits per heavy atom. The molecule has 3 nitrogen and oxygen atoms in total. The summed E-state index contributed by atoms with van der Waals surface area (Å²) >= 11 is 6.18. The predicted molar refractivity (Wildman–Crippen MR) is 88.0 cm³/mol. The zero-order valence-corrected chi connectivity index (χ0v) is 13.3. The van der Waals surface area contributed by atoms with Crippen molar-refractivity contribution in [2.45, 2.75) is 33.2 Å². The molecule has 1 aliphatic heterocycles. The molecule has 112 valence electrons. The summed E-state index contributed by atoms with van der Waals surface area (Å²) in [7, 11) is 0. The van der Waals surface area contributed by atoms with Crippen LogP contribution >= 0.6 is 11.6 Å². The van der Waals surface area contributed by atoms with Crippen molar-refractivity contribution in [1.29, 1.82) is 0 Å². The molecule has 21 heavy (non-hydrogen) atoms. The Balaban J connectivity index is 2.01. The number of halogens is 1. The van der Waals surface area contributed by atoms with E-state index < -0.39 is 0 Å². The number of H-pyrrole nitrogens is 1. The Morgan fingerprint density at radius 2 is 2.24 bits per heavy atom. The number of aromatic nitrogens is 1. The van der Waals surface area contributed by atoms with E-state index in [1.807, 2.05) is 25.1 Å². The second-order valence-corrected chi connectivity index (χ2v) is 6.61. The third-order valence-electron chi connectivity index (χ3n) is 4.42. The average Bonchev–Trinajstić information content (AvgIpc) is 2.45. The number of pyridine rings is 1. The van der Waals surface area contributed by atoms with Gasteiger partial charge in [-0.3, -0.25) is 9.69 Å². The molecule has 0 spiro atoms.